The smallest absolute Gasteiger partial charge is 0.350 e. The molecule has 3 nitrogen and oxygen atoms in total. The first-order valence-electron chi connectivity index (χ1n) is 3.30. The third-order valence-corrected chi connectivity index (χ3v) is 2.24. The summed E-state index contributed by atoms with van der Waals surface area (Å²) in [6.45, 7) is 1.52. The lowest BCUT2D eigenvalue weighted by atomic mass is 10.3. The molecule has 0 fully saturated rings. The van der Waals surface area contributed by atoms with Crippen LogP contribution < -0.4 is 0 Å². The number of alkyl halides is 5. The van der Waals surface area contributed by atoms with Gasteiger partial charge in [0.25, 0.3) is 8.13 Å². The summed E-state index contributed by atoms with van der Waals surface area (Å²) in [4.78, 5) is 22.3. The number of rotatable bonds is 3. The van der Waals surface area contributed by atoms with E-state index < -0.39 is 19.9 Å². The van der Waals surface area contributed by atoms with Crippen molar-refractivity contribution in [2.45, 2.75) is 15.0 Å². The van der Waals surface area contributed by atoms with Crippen LogP contribution in [0.15, 0.2) is 0 Å². The van der Waals surface area contributed by atoms with Crippen LogP contribution in [0, 0.1) is 0 Å². The van der Waals surface area contributed by atoms with Crippen LogP contribution >= 0.6 is 58.0 Å². The highest BCUT2D eigenvalue weighted by Gasteiger charge is 2.52. The molecule has 0 amide bonds. The van der Waals surface area contributed by atoms with E-state index in [1.54, 1.807) is 0 Å². The van der Waals surface area contributed by atoms with Crippen molar-refractivity contribution >= 4 is 69.8 Å². The fourth-order valence-electron chi connectivity index (χ4n) is 0.492. The van der Waals surface area contributed by atoms with Crippen LogP contribution in [0.2, 0.25) is 0 Å². The van der Waals surface area contributed by atoms with Gasteiger partial charge >= 0.3 is 5.97 Å². The number of hydrogen-bond donors (Lipinski definition) is 0. The van der Waals surface area contributed by atoms with Gasteiger partial charge in [-0.2, -0.15) is 0 Å². The number of halogens is 5. The van der Waals surface area contributed by atoms with Crippen LogP contribution in [0.25, 0.3) is 0 Å². The SMILES string of the molecule is CCOC(=O)C(Cl)(Cl)C(=O)C(Cl)(Cl)Cl. The molecule has 0 saturated heterocycles. The molecule has 0 heterocycles. The van der Waals surface area contributed by atoms with Gasteiger partial charge in [0.1, 0.15) is 0 Å². The number of Topliss-reactive ketones (excluding diaryl/α,β-unsaturated/α-hetero) is 1. The third kappa shape index (κ3) is 3.63. The Hall–Kier alpha value is 0.590. The predicted molar refractivity (Wildman–Crippen MR) is 56.4 cm³/mol. The van der Waals surface area contributed by atoms with Gasteiger partial charge in [0, 0.05) is 0 Å². The van der Waals surface area contributed by atoms with E-state index in [0.29, 0.717) is 0 Å². The molecule has 8 heteroatoms. The third-order valence-electron chi connectivity index (χ3n) is 1.07. The Bertz CT molecular complexity index is 244. The number of carbonyl (C=O) groups is 2. The van der Waals surface area contributed by atoms with Crippen molar-refractivity contribution in [1.82, 2.24) is 0 Å². The normalized spacial score (nSPS) is 12.4. The molecule has 0 spiro atoms. The number of hydrogen-bond acceptors (Lipinski definition) is 3. The van der Waals surface area contributed by atoms with Gasteiger partial charge in [0.2, 0.25) is 5.78 Å². The van der Waals surface area contributed by atoms with Crippen LogP contribution in [0.5, 0.6) is 0 Å². The first-order valence-corrected chi connectivity index (χ1v) is 5.19. The van der Waals surface area contributed by atoms with Crippen molar-refractivity contribution < 1.29 is 14.3 Å². The van der Waals surface area contributed by atoms with Crippen molar-refractivity contribution in [3.63, 3.8) is 0 Å². The molecule has 0 bridgehead atoms. The number of ether oxygens (including phenoxy) is 1. The highest BCUT2D eigenvalue weighted by Crippen LogP contribution is 2.37. The molecule has 0 aliphatic carbocycles. The molecule has 0 saturated carbocycles. The van der Waals surface area contributed by atoms with Crippen LogP contribution in [0.3, 0.4) is 0 Å². The lowest BCUT2D eigenvalue weighted by Crippen LogP contribution is -2.43. The van der Waals surface area contributed by atoms with Crippen LogP contribution in [-0.2, 0) is 14.3 Å². The summed E-state index contributed by atoms with van der Waals surface area (Å²) >= 11 is 26.4. The lowest BCUT2D eigenvalue weighted by Gasteiger charge is -2.19. The van der Waals surface area contributed by atoms with E-state index in [1.165, 1.54) is 6.92 Å². The molecule has 0 aromatic carbocycles. The molecule has 0 unspecified atom stereocenters. The fourth-order valence-corrected chi connectivity index (χ4v) is 1.60. The molecular weight excluding hydrogens is 297 g/mol. The van der Waals surface area contributed by atoms with E-state index in [1.807, 2.05) is 0 Å². The summed E-state index contributed by atoms with van der Waals surface area (Å²) in [6.07, 6.45) is 0. The van der Waals surface area contributed by atoms with E-state index in [9.17, 15) is 9.59 Å². The minimum atomic E-state index is -2.50. The van der Waals surface area contributed by atoms with Gasteiger partial charge < -0.3 is 4.74 Å². The first kappa shape index (κ1) is 14.6. The van der Waals surface area contributed by atoms with Crippen molar-refractivity contribution in [3.8, 4) is 0 Å². The van der Waals surface area contributed by atoms with E-state index in [-0.39, 0.29) is 6.61 Å². The molecule has 0 atom stereocenters. The molecule has 0 aliphatic heterocycles. The molecular formula is C6H5Cl5O3. The largest absolute Gasteiger partial charge is 0.463 e. The Morgan fingerprint density at radius 3 is 1.86 bits per heavy atom. The summed E-state index contributed by atoms with van der Waals surface area (Å²) in [5.41, 5.74) is 0. The standard InChI is InChI=1S/C6H5Cl5O3/c1-2-14-4(13)5(7,8)3(12)6(9,10)11/h2H2,1H3. The average Bonchev–Trinajstić information content (AvgIpc) is 2.01. The lowest BCUT2D eigenvalue weighted by molar-refractivity contribution is -0.146. The summed E-state index contributed by atoms with van der Waals surface area (Å²) in [5.74, 6) is -2.43. The van der Waals surface area contributed by atoms with Crippen molar-refractivity contribution in [1.29, 1.82) is 0 Å². The predicted octanol–water partition coefficient (Wildman–Crippen LogP) is 2.66. The van der Waals surface area contributed by atoms with Gasteiger partial charge in [-0.25, -0.2) is 4.79 Å². The van der Waals surface area contributed by atoms with E-state index in [4.69, 9.17) is 58.0 Å². The topological polar surface area (TPSA) is 43.4 Å². The average molecular weight is 302 g/mol. The molecule has 14 heavy (non-hydrogen) atoms. The molecule has 0 aromatic rings. The zero-order valence-electron chi connectivity index (χ0n) is 6.82. The maximum atomic E-state index is 11.2. The van der Waals surface area contributed by atoms with E-state index in [2.05, 4.69) is 4.74 Å². The van der Waals surface area contributed by atoms with Crippen LogP contribution in [0.1, 0.15) is 6.92 Å². The van der Waals surface area contributed by atoms with Crippen LogP contribution in [-0.4, -0.2) is 26.5 Å². The van der Waals surface area contributed by atoms with Crippen molar-refractivity contribution in [3.05, 3.63) is 0 Å². The minimum Gasteiger partial charge on any atom is -0.463 e. The summed E-state index contributed by atoms with van der Waals surface area (Å²) in [6, 6.07) is 0. The monoisotopic (exact) mass is 300 g/mol. The zero-order valence-corrected chi connectivity index (χ0v) is 10.6. The summed E-state index contributed by atoms with van der Waals surface area (Å²) in [5, 5.41) is 0. The summed E-state index contributed by atoms with van der Waals surface area (Å²) in [7, 11) is 0. The van der Waals surface area contributed by atoms with Gasteiger partial charge in [-0.1, -0.05) is 58.0 Å². The minimum absolute atomic E-state index is 0.00710. The highest BCUT2D eigenvalue weighted by molar-refractivity contribution is 6.83. The molecule has 0 N–H and O–H groups in total. The number of carbonyl (C=O) groups excluding carboxylic acids is 2. The highest BCUT2D eigenvalue weighted by atomic mass is 35.6. The first-order chi connectivity index (χ1) is 6.14. The Morgan fingerprint density at radius 2 is 1.57 bits per heavy atom. The second-order valence-corrected chi connectivity index (χ2v) is 5.73. The summed E-state index contributed by atoms with van der Waals surface area (Å²) < 4.78 is -0.440. The molecule has 82 valence electrons. The number of esters is 1. The Kier molecular flexibility index (Phi) is 5.30. The fraction of sp³-hybridized carbons (Fsp3) is 0.667. The Labute approximate surface area is 106 Å². The van der Waals surface area contributed by atoms with Gasteiger partial charge in [-0.05, 0) is 6.92 Å². The molecule has 0 aliphatic rings. The van der Waals surface area contributed by atoms with Crippen molar-refractivity contribution in [2.75, 3.05) is 6.61 Å². The van der Waals surface area contributed by atoms with Crippen molar-refractivity contribution in [2.24, 2.45) is 0 Å². The molecule has 0 radical (unpaired) electrons. The maximum absolute atomic E-state index is 11.2. The number of ketones is 1. The van der Waals surface area contributed by atoms with Crippen LogP contribution in [0.4, 0.5) is 0 Å². The van der Waals surface area contributed by atoms with E-state index in [0.717, 1.165) is 0 Å². The van der Waals surface area contributed by atoms with Gasteiger partial charge in [0.05, 0.1) is 6.61 Å². The molecule has 0 rings (SSSR count). The van der Waals surface area contributed by atoms with Gasteiger partial charge in [-0.15, -0.1) is 0 Å². The second kappa shape index (κ2) is 5.08. The maximum Gasteiger partial charge on any atom is 0.350 e. The quantitative estimate of drug-likeness (QED) is 0.457. The Morgan fingerprint density at radius 1 is 1.14 bits per heavy atom. The Balaban J connectivity index is 4.79. The van der Waals surface area contributed by atoms with E-state index >= 15 is 0 Å². The second-order valence-electron chi connectivity index (χ2n) is 2.12. The van der Waals surface area contributed by atoms with Gasteiger partial charge in [0.15, 0.2) is 0 Å². The van der Waals surface area contributed by atoms with Gasteiger partial charge in [-0.3, -0.25) is 4.79 Å². The molecule has 0 aromatic heterocycles. The zero-order chi connectivity index (χ0) is 11.6.